The molecule has 2 amide bonds. The summed E-state index contributed by atoms with van der Waals surface area (Å²) in [7, 11) is 0. The zero-order chi connectivity index (χ0) is 14.9. The van der Waals surface area contributed by atoms with Crippen molar-refractivity contribution in [3.05, 3.63) is 52.9 Å². The van der Waals surface area contributed by atoms with Crippen LogP contribution in [0.25, 0.3) is 10.9 Å². The predicted octanol–water partition coefficient (Wildman–Crippen LogP) is 4.60. The standard InChI is InChI=1S/C17H17N3OS/c21-17(19-14-5-1-4-13-12(14)8-9-18-13)20-10-2-6-15(20)16-7-3-11-22-16/h1,3-5,7-9,11,15,18H,2,6,10H2,(H,19,21)/t15-/m0/s1. The van der Waals surface area contributed by atoms with Crippen LogP contribution in [0.2, 0.25) is 0 Å². The number of benzene rings is 1. The fourth-order valence-corrected chi connectivity index (χ4v) is 4.04. The van der Waals surface area contributed by atoms with Gasteiger partial charge in [-0.2, -0.15) is 0 Å². The number of amides is 2. The molecule has 5 heteroatoms. The Morgan fingerprint density at radius 2 is 2.23 bits per heavy atom. The van der Waals surface area contributed by atoms with Crippen LogP contribution >= 0.6 is 11.3 Å². The lowest BCUT2D eigenvalue weighted by Gasteiger charge is -2.24. The van der Waals surface area contributed by atoms with E-state index in [-0.39, 0.29) is 12.1 Å². The van der Waals surface area contributed by atoms with Crippen molar-refractivity contribution in [2.45, 2.75) is 18.9 Å². The van der Waals surface area contributed by atoms with E-state index in [4.69, 9.17) is 0 Å². The molecule has 1 aliphatic rings. The molecule has 1 fully saturated rings. The smallest absolute Gasteiger partial charge is 0.322 e. The lowest BCUT2D eigenvalue weighted by atomic mass is 10.2. The van der Waals surface area contributed by atoms with Gasteiger partial charge < -0.3 is 15.2 Å². The van der Waals surface area contributed by atoms with Crippen LogP contribution in [0.5, 0.6) is 0 Å². The van der Waals surface area contributed by atoms with E-state index in [1.807, 2.05) is 35.4 Å². The van der Waals surface area contributed by atoms with Crippen LogP contribution in [0.15, 0.2) is 48.0 Å². The Hall–Kier alpha value is -2.27. The maximum Gasteiger partial charge on any atom is 0.322 e. The summed E-state index contributed by atoms with van der Waals surface area (Å²) in [4.78, 5) is 19.1. The second-order valence-electron chi connectivity index (χ2n) is 5.54. The number of likely N-dealkylation sites (tertiary alicyclic amines) is 1. The number of hydrogen-bond acceptors (Lipinski definition) is 2. The molecule has 2 N–H and O–H groups in total. The van der Waals surface area contributed by atoms with Gasteiger partial charge >= 0.3 is 6.03 Å². The maximum atomic E-state index is 12.7. The van der Waals surface area contributed by atoms with Gasteiger partial charge in [0.25, 0.3) is 0 Å². The fraction of sp³-hybridized carbons (Fsp3) is 0.235. The van der Waals surface area contributed by atoms with E-state index in [0.717, 1.165) is 36.0 Å². The molecule has 22 heavy (non-hydrogen) atoms. The Morgan fingerprint density at radius 1 is 1.27 bits per heavy atom. The molecule has 4 nitrogen and oxygen atoms in total. The van der Waals surface area contributed by atoms with Crippen LogP contribution in [0, 0.1) is 0 Å². The number of nitrogens with one attached hydrogen (secondary N) is 2. The molecule has 0 aliphatic carbocycles. The zero-order valence-corrected chi connectivity index (χ0v) is 12.9. The summed E-state index contributed by atoms with van der Waals surface area (Å²) in [6.07, 6.45) is 4.00. The largest absolute Gasteiger partial charge is 0.361 e. The molecule has 1 aromatic carbocycles. The second kappa shape index (κ2) is 5.50. The summed E-state index contributed by atoms with van der Waals surface area (Å²) in [6.45, 7) is 0.817. The van der Waals surface area contributed by atoms with Gasteiger partial charge in [0, 0.05) is 28.5 Å². The molecule has 1 aliphatic heterocycles. The van der Waals surface area contributed by atoms with Crippen molar-refractivity contribution in [3.8, 4) is 0 Å². The van der Waals surface area contributed by atoms with Gasteiger partial charge in [0.2, 0.25) is 0 Å². The summed E-state index contributed by atoms with van der Waals surface area (Å²) in [5, 5.41) is 6.19. The van der Waals surface area contributed by atoms with Crippen molar-refractivity contribution in [1.29, 1.82) is 0 Å². The molecule has 4 rings (SSSR count). The van der Waals surface area contributed by atoms with Gasteiger partial charge in [-0.3, -0.25) is 0 Å². The molecule has 0 radical (unpaired) electrons. The van der Waals surface area contributed by atoms with Crippen molar-refractivity contribution in [1.82, 2.24) is 9.88 Å². The molecule has 112 valence electrons. The van der Waals surface area contributed by atoms with Crippen LogP contribution < -0.4 is 5.32 Å². The van der Waals surface area contributed by atoms with E-state index in [9.17, 15) is 4.79 Å². The third-order valence-electron chi connectivity index (χ3n) is 4.22. The van der Waals surface area contributed by atoms with Gasteiger partial charge in [0.15, 0.2) is 0 Å². The van der Waals surface area contributed by atoms with Crippen molar-refractivity contribution < 1.29 is 4.79 Å². The molecule has 1 atom stereocenters. The molecular weight excluding hydrogens is 294 g/mol. The van der Waals surface area contributed by atoms with Crippen molar-refractivity contribution in [3.63, 3.8) is 0 Å². The molecule has 0 spiro atoms. The van der Waals surface area contributed by atoms with Crippen molar-refractivity contribution in [2.75, 3.05) is 11.9 Å². The molecule has 0 saturated carbocycles. The van der Waals surface area contributed by atoms with Crippen LogP contribution in [-0.4, -0.2) is 22.5 Å². The molecule has 0 bridgehead atoms. The van der Waals surface area contributed by atoms with Crippen LogP contribution in [-0.2, 0) is 0 Å². The number of aromatic amines is 1. The van der Waals surface area contributed by atoms with Gasteiger partial charge in [-0.25, -0.2) is 4.79 Å². The first-order valence-electron chi connectivity index (χ1n) is 7.50. The summed E-state index contributed by atoms with van der Waals surface area (Å²) in [5.41, 5.74) is 1.90. The molecule has 0 unspecified atom stereocenters. The number of aromatic nitrogens is 1. The summed E-state index contributed by atoms with van der Waals surface area (Å²) >= 11 is 1.72. The first-order chi connectivity index (χ1) is 10.8. The number of H-pyrrole nitrogens is 1. The Kier molecular flexibility index (Phi) is 3.35. The Balaban J connectivity index is 1.58. The summed E-state index contributed by atoms with van der Waals surface area (Å²) < 4.78 is 0. The minimum Gasteiger partial charge on any atom is -0.361 e. The monoisotopic (exact) mass is 311 g/mol. The first-order valence-corrected chi connectivity index (χ1v) is 8.38. The number of rotatable bonds is 2. The highest BCUT2D eigenvalue weighted by Gasteiger charge is 2.30. The van der Waals surface area contributed by atoms with Gasteiger partial charge in [0.05, 0.1) is 11.7 Å². The minimum atomic E-state index is -0.00963. The number of fused-ring (bicyclic) bond motifs is 1. The lowest BCUT2D eigenvalue weighted by molar-refractivity contribution is 0.208. The number of carbonyl (C=O) groups is 1. The second-order valence-corrected chi connectivity index (χ2v) is 6.52. The third kappa shape index (κ3) is 2.27. The average Bonchev–Trinajstić information content (AvgIpc) is 3.27. The molecule has 1 saturated heterocycles. The summed E-state index contributed by atoms with van der Waals surface area (Å²) in [5.74, 6) is 0. The Bertz CT molecular complexity index is 793. The molecule has 3 aromatic rings. The van der Waals surface area contributed by atoms with E-state index in [0.29, 0.717) is 0 Å². The van der Waals surface area contributed by atoms with Gasteiger partial charge in [-0.1, -0.05) is 12.1 Å². The van der Waals surface area contributed by atoms with Crippen molar-refractivity contribution >= 4 is 34.0 Å². The van der Waals surface area contributed by atoms with Crippen molar-refractivity contribution in [2.24, 2.45) is 0 Å². The minimum absolute atomic E-state index is 0.00963. The molecule has 3 heterocycles. The fourth-order valence-electron chi connectivity index (χ4n) is 3.17. The average molecular weight is 311 g/mol. The third-order valence-corrected chi connectivity index (χ3v) is 5.20. The van der Waals surface area contributed by atoms with Gasteiger partial charge in [-0.15, -0.1) is 11.3 Å². The normalized spacial score (nSPS) is 18.0. The zero-order valence-electron chi connectivity index (χ0n) is 12.1. The van der Waals surface area contributed by atoms with E-state index in [1.54, 1.807) is 11.3 Å². The highest BCUT2D eigenvalue weighted by molar-refractivity contribution is 7.10. The lowest BCUT2D eigenvalue weighted by Crippen LogP contribution is -2.34. The summed E-state index contributed by atoms with van der Waals surface area (Å²) in [6, 6.07) is 12.3. The van der Waals surface area contributed by atoms with Crippen LogP contribution in [0.1, 0.15) is 23.8 Å². The number of urea groups is 1. The Labute approximate surface area is 132 Å². The number of thiophene rings is 1. The predicted molar refractivity (Wildman–Crippen MR) is 90.3 cm³/mol. The van der Waals surface area contributed by atoms with E-state index in [1.165, 1.54) is 4.88 Å². The van der Waals surface area contributed by atoms with E-state index < -0.39 is 0 Å². The van der Waals surface area contributed by atoms with Gasteiger partial charge in [0.1, 0.15) is 0 Å². The van der Waals surface area contributed by atoms with Crippen LogP contribution in [0.4, 0.5) is 10.5 Å². The molecular formula is C17H17N3OS. The quantitative estimate of drug-likeness (QED) is 0.714. The highest BCUT2D eigenvalue weighted by Crippen LogP contribution is 2.35. The van der Waals surface area contributed by atoms with E-state index >= 15 is 0 Å². The number of hydrogen-bond donors (Lipinski definition) is 2. The topological polar surface area (TPSA) is 48.1 Å². The molecule has 2 aromatic heterocycles. The maximum absolute atomic E-state index is 12.7. The van der Waals surface area contributed by atoms with Gasteiger partial charge in [-0.05, 0) is 42.5 Å². The van der Waals surface area contributed by atoms with E-state index in [2.05, 4.69) is 27.8 Å². The Morgan fingerprint density at radius 3 is 3.09 bits per heavy atom. The van der Waals surface area contributed by atoms with Crippen LogP contribution in [0.3, 0.4) is 0 Å². The number of carbonyl (C=O) groups excluding carboxylic acids is 1. The SMILES string of the molecule is O=C(Nc1cccc2[nH]ccc12)N1CCC[C@H]1c1cccs1. The highest BCUT2D eigenvalue weighted by atomic mass is 32.1. The first kappa shape index (κ1) is 13.4. The number of nitrogens with zero attached hydrogens (tertiary/aromatic N) is 1. The number of anilines is 1.